The zero-order valence-corrected chi connectivity index (χ0v) is 12.1. The largest absolute Gasteiger partial charge is 0.466 e. The second kappa shape index (κ2) is 7.41. The molecular formula is C16H22O4. The molecule has 0 saturated carbocycles. The van der Waals surface area contributed by atoms with Gasteiger partial charge in [-0.25, -0.2) is 0 Å². The van der Waals surface area contributed by atoms with Gasteiger partial charge in [-0.15, -0.1) is 0 Å². The number of benzene rings is 1. The molecule has 0 unspecified atom stereocenters. The molecule has 4 nitrogen and oxygen atoms in total. The van der Waals surface area contributed by atoms with Crippen molar-refractivity contribution in [3.05, 3.63) is 35.4 Å². The molecule has 4 heteroatoms. The van der Waals surface area contributed by atoms with Gasteiger partial charge in [0.15, 0.2) is 0 Å². The van der Waals surface area contributed by atoms with Gasteiger partial charge in [0.25, 0.3) is 0 Å². The Balaban J connectivity index is 1.91. The van der Waals surface area contributed by atoms with Crippen molar-refractivity contribution in [2.24, 2.45) is 0 Å². The number of aryl methyl sites for hydroxylation is 1. The predicted octanol–water partition coefficient (Wildman–Crippen LogP) is 2.66. The maximum absolute atomic E-state index is 11.5. The van der Waals surface area contributed by atoms with E-state index >= 15 is 0 Å². The van der Waals surface area contributed by atoms with E-state index in [2.05, 4.69) is 6.07 Å². The van der Waals surface area contributed by atoms with E-state index in [9.17, 15) is 4.79 Å². The smallest absolute Gasteiger partial charge is 0.306 e. The maximum Gasteiger partial charge on any atom is 0.306 e. The van der Waals surface area contributed by atoms with Crippen molar-refractivity contribution in [1.29, 1.82) is 0 Å². The summed E-state index contributed by atoms with van der Waals surface area (Å²) in [5.74, 6) is -0.151. The molecule has 1 fully saturated rings. The van der Waals surface area contributed by atoms with Gasteiger partial charge in [-0.1, -0.05) is 24.3 Å². The molecule has 0 radical (unpaired) electrons. The summed E-state index contributed by atoms with van der Waals surface area (Å²) in [6.45, 7) is 5.72. The van der Waals surface area contributed by atoms with Crippen molar-refractivity contribution in [1.82, 2.24) is 0 Å². The third-order valence-electron chi connectivity index (χ3n) is 3.33. The summed E-state index contributed by atoms with van der Waals surface area (Å²) in [4.78, 5) is 11.5. The molecule has 0 bridgehead atoms. The fraction of sp³-hybridized carbons (Fsp3) is 0.562. The molecule has 0 aliphatic carbocycles. The summed E-state index contributed by atoms with van der Waals surface area (Å²) < 4.78 is 15.9. The molecule has 110 valence electrons. The molecule has 2 atom stereocenters. The zero-order valence-electron chi connectivity index (χ0n) is 12.1. The van der Waals surface area contributed by atoms with E-state index in [0.717, 1.165) is 17.7 Å². The first-order valence-corrected chi connectivity index (χ1v) is 7.17. The maximum atomic E-state index is 11.5. The number of ether oxygens (including phenoxy) is 3. The monoisotopic (exact) mass is 278 g/mol. The number of rotatable bonds is 8. The van der Waals surface area contributed by atoms with Crippen molar-refractivity contribution in [2.75, 3.05) is 19.8 Å². The van der Waals surface area contributed by atoms with Crippen LogP contribution in [0.4, 0.5) is 0 Å². The Bertz CT molecular complexity index is 440. The van der Waals surface area contributed by atoms with Gasteiger partial charge in [0.1, 0.15) is 6.10 Å². The first kappa shape index (κ1) is 15.0. The average molecular weight is 278 g/mol. The SMILES string of the molecule is CCOC(=O)CCc1ccccc1[C@@H](C)OC[C@H]1CO1. The van der Waals surface area contributed by atoms with E-state index in [1.54, 1.807) is 0 Å². The van der Waals surface area contributed by atoms with Crippen molar-refractivity contribution in [3.8, 4) is 0 Å². The molecule has 1 aliphatic heterocycles. The van der Waals surface area contributed by atoms with Crippen LogP contribution in [0.2, 0.25) is 0 Å². The highest BCUT2D eigenvalue weighted by atomic mass is 16.6. The normalized spacial score (nSPS) is 18.6. The lowest BCUT2D eigenvalue weighted by molar-refractivity contribution is -0.143. The van der Waals surface area contributed by atoms with Crippen LogP contribution < -0.4 is 0 Å². The van der Waals surface area contributed by atoms with Crippen LogP contribution in [0.1, 0.15) is 37.5 Å². The van der Waals surface area contributed by atoms with E-state index < -0.39 is 0 Å². The minimum absolute atomic E-state index is 0.0117. The lowest BCUT2D eigenvalue weighted by Gasteiger charge is -2.16. The van der Waals surface area contributed by atoms with Crippen LogP contribution in [-0.2, 0) is 25.4 Å². The van der Waals surface area contributed by atoms with Crippen molar-refractivity contribution in [2.45, 2.75) is 38.9 Å². The molecule has 1 heterocycles. The van der Waals surface area contributed by atoms with Gasteiger partial charge >= 0.3 is 5.97 Å². The lowest BCUT2D eigenvalue weighted by Crippen LogP contribution is -2.10. The number of hydrogen-bond acceptors (Lipinski definition) is 4. The molecular weight excluding hydrogens is 256 g/mol. The predicted molar refractivity (Wildman–Crippen MR) is 75.5 cm³/mol. The first-order chi connectivity index (χ1) is 9.70. The van der Waals surface area contributed by atoms with Gasteiger partial charge in [-0.05, 0) is 31.4 Å². The summed E-state index contributed by atoms with van der Waals surface area (Å²) in [5.41, 5.74) is 2.28. The summed E-state index contributed by atoms with van der Waals surface area (Å²) in [6, 6.07) is 8.08. The van der Waals surface area contributed by atoms with E-state index in [0.29, 0.717) is 26.1 Å². The topological polar surface area (TPSA) is 48.1 Å². The average Bonchev–Trinajstić information content (AvgIpc) is 3.27. The second-order valence-corrected chi connectivity index (χ2v) is 4.93. The Morgan fingerprint density at radius 2 is 2.20 bits per heavy atom. The van der Waals surface area contributed by atoms with Crippen LogP contribution in [0.25, 0.3) is 0 Å². The summed E-state index contributed by atoms with van der Waals surface area (Å²) >= 11 is 0. The molecule has 0 spiro atoms. The van der Waals surface area contributed by atoms with Crippen LogP contribution in [0.3, 0.4) is 0 Å². The molecule has 1 aromatic carbocycles. The van der Waals surface area contributed by atoms with E-state index in [1.807, 2.05) is 32.0 Å². The summed E-state index contributed by atoms with van der Waals surface area (Å²) in [7, 11) is 0. The highest BCUT2D eigenvalue weighted by Gasteiger charge is 2.24. The van der Waals surface area contributed by atoms with Crippen LogP contribution in [0, 0.1) is 0 Å². The van der Waals surface area contributed by atoms with Crippen molar-refractivity contribution in [3.63, 3.8) is 0 Å². The minimum Gasteiger partial charge on any atom is -0.466 e. The van der Waals surface area contributed by atoms with E-state index in [1.165, 1.54) is 0 Å². The third kappa shape index (κ3) is 4.62. The Labute approximate surface area is 120 Å². The number of carbonyl (C=O) groups excluding carboxylic acids is 1. The highest BCUT2D eigenvalue weighted by Crippen LogP contribution is 2.24. The highest BCUT2D eigenvalue weighted by molar-refractivity contribution is 5.69. The lowest BCUT2D eigenvalue weighted by atomic mass is 9.99. The van der Waals surface area contributed by atoms with Crippen LogP contribution >= 0.6 is 0 Å². The Morgan fingerprint density at radius 1 is 1.45 bits per heavy atom. The molecule has 1 saturated heterocycles. The first-order valence-electron chi connectivity index (χ1n) is 7.17. The molecule has 2 rings (SSSR count). The van der Waals surface area contributed by atoms with Crippen LogP contribution in [0.15, 0.2) is 24.3 Å². The van der Waals surface area contributed by atoms with Crippen molar-refractivity contribution >= 4 is 5.97 Å². The summed E-state index contributed by atoms with van der Waals surface area (Å²) in [6.07, 6.45) is 1.37. The van der Waals surface area contributed by atoms with Gasteiger partial charge in [0.05, 0.1) is 25.9 Å². The standard InChI is InChI=1S/C16H22O4/c1-3-18-16(17)9-8-13-6-4-5-7-15(13)12(2)19-10-14-11-20-14/h4-7,12,14H,3,8-11H2,1-2H3/t12-,14+/m1/s1. The molecule has 1 aromatic rings. The fourth-order valence-electron chi connectivity index (χ4n) is 2.13. The number of esters is 1. The Kier molecular flexibility index (Phi) is 5.56. The summed E-state index contributed by atoms with van der Waals surface area (Å²) in [5, 5.41) is 0. The molecule has 1 aliphatic rings. The molecule has 20 heavy (non-hydrogen) atoms. The third-order valence-corrected chi connectivity index (χ3v) is 3.33. The molecule has 0 N–H and O–H groups in total. The van der Waals surface area contributed by atoms with Crippen LogP contribution in [-0.4, -0.2) is 31.9 Å². The molecule has 0 amide bonds. The number of hydrogen-bond donors (Lipinski definition) is 0. The Morgan fingerprint density at radius 3 is 2.90 bits per heavy atom. The van der Waals surface area contributed by atoms with E-state index in [4.69, 9.17) is 14.2 Å². The Hall–Kier alpha value is -1.39. The fourth-order valence-corrected chi connectivity index (χ4v) is 2.13. The number of carbonyl (C=O) groups is 1. The molecule has 0 aromatic heterocycles. The van der Waals surface area contributed by atoms with Crippen molar-refractivity contribution < 1.29 is 19.0 Å². The van der Waals surface area contributed by atoms with Gasteiger partial charge < -0.3 is 14.2 Å². The zero-order chi connectivity index (χ0) is 14.4. The van der Waals surface area contributed by atoms with Gasteiger partial charge in [0.2, 0.25) is 0 Å². The van der Waals surface area contributed by atoms with Gasteiger partial charge in [-0.3, -0.25) is 4.79 Å². The second-order valence-electron chi connectivity index (χ2n) is 4.93. The minimum atomic E-state index is -0.151. The quantitative estimate of drug-likeness (QED) is 0.542. The van der Waals surface area contributed by atoms with E-state index in [-0.39, 0.29) is 18.2 Å². The number of epoxide rings is 1. The van der Waals surface area contributed by atoms with Gasteiger partial charge in [0, 0.05) is 6.42 Å². The van der Waals surface area contributed by atoms with Crippen LogP contribution in [0.5, 0.6) is 0 Å². The van der Waals surface area contributed by atoms with Gasteiger partial charge in [-0.2, -0.15) is 0 Å².